The van der Waals surface area contributed by atoms with Gasteiger partial charge in [0.15, 0.2) is 0 Å². The quantitative estimate of drug-likeness (QED) is 0.357. The zero-order valence-electron chi connectivity index (χ0n) is 20.2. The van der Waals surface area contributed by atoms with Gasteiger partial charge in [-0.1, -0.05) is 0 Å². The molecule has 6 rings (SSSR count). The van der Waals surface area contributed by atoms with Gasteiger partial charge in [-0.3, -0.25) is 4.68 Å². The van der Waals surface area contributed by atoms with Crippen LogP contribution in [0.3, 0.4) is 0 Å². The molecule has 1 saturated heterocycles. The summed E-state index contributed by atoms with van der Waals surface area (Å²) in [4.78, 5) is 14.0. The second-order valence-electron chi connectivity index (χ2n) is 9.40. The third-order valence-electron chi connectivity index (χ3n) is 6.62. The Morgan fingerprint density at radius 2 is 1.80 bits per heavy atom. The largest absolute Gasteiger partial charge is 0.378 e. The molecule has 3 aromatic heterocycles. The van der Waals surface area contributed by atoms with Crippen LogP contribution in [-0.4, -0.2) is 37.4 Å². The fourth-order valence-corrected chi connectivity index (χ4v) is 4.43. The summed E-state index contributed by atoms with van der Waals surface area (Å²) in [5.74, 6) is -1.06. The van der Waals surface area contributed by atoms with Crippen LogP contribution in [0.25, 0.3) is 22.3 Å². The van der Waals surface area contributed by atoms with Crippen molar-refractivity contribution < 1.29 is 13.5 Å². The normalized spacial score (nSPS) is 19.9. The molecule has 0 amide bonds. The Morgan fingerprint density at radius 3 is 2.49 bits per heavy atom. The third-order valence-corrected chi connectivity index (χ3v) is 6.62. The molecule has 2 aliphatic rings. The van der Waals surface area contributed by atoms with Crippen molar-refractivity contribution in [1.29, 1.82) is 0 Å². The van der Waals surface area contributed by atoms with E-state index in [9.17, 15) is 8.78 Å². The van der Waals surface area contributed by atoms with Crippen molar-refractivity contribution in [3.05, 3.63) is 71.4 Å². The van der Waals surface area contributed by atoms with E-state index in [2.05, 4.69) is 15.1 Å². The van der Waals surface area contributed by atoms with E-state index in [1.165, 1.54) is 25.0 Å². The van der Waals surface area contributed by atoms with Crippen molar-refractivity contribution in [2.45, 2.75) is 64.5 Å². The van der Waals surface area contributed by atoms with Crippen LogP contribution in [0, 0.1) is 25.5 Å². The number of aromatic nitrogens is 5. The van der Waals surface area contributed by atoms with Gasteiger partial charge < -0.3 is 4.74 Å². The summed E-state index contributed by atoms with van der Waals surface area (Å²) in [7, 11) is 0. The summed E-state index contributed by atoms with van der Waals surface area (Å²) in [6.07, 6.45) is 8.35. The first-order valence-electron chi connectivity index (χ1n) is 12.1. The third kappa shape index (κ3) is 5.22. The predicted molar refractivity (Wildman–Crippen MR) is 130 cm³/mol. The van der Waals surface area contributed by atoms with Gasteiger partial charge in [-0.25, -0.2) is 23.7 Å². The molecular formula is C27H29F2N5O. The Balaban J connectivity index is 0.000000265. The molecular weight excluding hydrogens is 448 g/mol. The molecule has 2 fully saturated rings. The molecule has 1 aliphatic heterocycles. The van der Waals surface area contributed by atoms with Crippen LogP contribution in [0.4, 0.5) is 8.78 Å². The van der Waals surface area contributed by atoms with E-state index in [4.69, 9.17) is 9.72 Å². The van der Waals surface area contributed by atoms with Crippen LogP contribution in [0.1, 0.15) is 61.6 Å². The molecule has 1 saturated carbocycles. The van der Waals surface area contributed by atoms with Crippen molar-refractivity contribution in [1.82, 2.24) is 24.7 Å². The fourth-order valence-electron chi connectivity index (χ4n) is 4.43. The van der Waals surface area contributed by atoms with Crippen LogP contribution in [0.5, 0.6) is 0 Å². The van der Waals surface area contributed by atoms with Gasteiger partial charge in [0.1, 0.15) is 22.8 Å². The summed E-state index contributed by atoms with van der Waals surface area (Å²) in [6.45, 7) is 6.47. The average Bonchev–Trinajstić information content (AvgIpc) is 3.54. The second kappa shape index (κ2) is 9.77. The van der Waals surface area contributed by atoms with Crippen LogP contribution in [-0.2, 0) is 4.74 Å². The lowest BCUT2D eigenvalue weighted by Gasteiger charge is -2.27. The van der Waals surface area contributed by atoms with Gasteiger partial charge in [-0.15, -0.1) is 0 Å². The molecule has 1 aromatic carbocycles. The number of benzene rings is 1. The SMILES string of the molecule is Cc1nc2cc([C@H]3CCO[C@H](C)C3)nc(-c3ccc(F)cc3F)c2nc1C.c1cnn(C2CC2)c1. The van der Waals surface area contributed by atoms with Crippen molar-refractivity contribution in [3.63, 3.8) is 0 Å². The molecule has 6 nitrogen and oxygen atoms in total. The van der Waals surface area contributed by atoms with E-state index in [0.717, 1.165) is 42.0 Å². The highest BCUT2D eigenvalue weighted by Gasteiger charge is 2.25. The van der Waals surface area contributed by atoms with Crippen molar-refractivity contribution in [2.24, 2.45) is 0 Å². The van der Waals surface area contributed by atoms with Crippen LogP contribution < -0.4 is 0 Å². The number of fused-ring (bicyclic) bond motifs is 1. The highest BCUT2D eigenvalue weighted by molar-refractivity contribution is 5.89. The fraction of sp³-hybridized carbons (Fsp3) is 0.407. The summed E-state index contributed by atoms with van der Waals surface area (Å²) < 4.78 is 35.6. The Hall–Kier alpha value is -3.26. The van der Waals surface area contributed by atoms with E-state index in [-0.39, 0.29) is 17.6 Å². The Bertz CT molecular complexity index is 1340. The lowest BCUT2D eigenvalue weighted by Crippen LogP contribution is -2.22. The number of hydrogen-bond donors (Lipinski definition) is 0. The number of ether oxygens (including phenoxy) is 1. The average molecular weight is 478 g/mol. The number of hydrogen-bond acceptors (Lipinski definition) is 5. The highest BCUT2D eigenvalue weighted by atomic mass is 19.1. The van der Waals surface area contributed by atoms with Gasteiger partial charge in [-0.2, -0.15) is 5.10 Å². The summed E-state index contributed by atoms with van der Waals surface area (Å²) in [6, 6.07) is 8.19. The van der Waals surface area contributed by atoms with Crippen molar-refractivity contribution in [3.8, 4) is 11.3 Å². The molecule has 8 heteroatoms. The van der Waals surface area contributed by atoms with Gasteiger partial charge >= 0.3 is 0 Å². The summed E-state index contributed by atoms with van der Waals surface area (Å²) in [5, 5.41) is 4.09. The van der Waals surface area contributed by atoms with E-state index < -0.39 is 11.6 Å². The summed E-state index contributed by atoms with van der Waals surface area (Å²) >= 11 is 0. The van der Waals surface area contributed by atoms with Gasteiger partial charge in [0.2, 0.25) is 0 Å². The Labute approximate surface area is 203 Å². The van der Waals surface area contributed by atoms with Crippen LogP contribution in [0.15, 0.2) is 42.7 Å². The van der Waals surface area contributed by atoms with Gasteiger partial charge in [0.05, 0.1) is 29.1 Å². The monoisotopic (exact) mass is 477 g/mol. The molecule has 4 heterocycles. The zero-order valence-corrected chi connectivity index (χ0v) is 20.2. The molecule has 0 spiro atoms. The minimum Gasteiger partial charge on any atom is -0.378 e. The van der Waals surface area contributed by atoms with Crippen molar-refractivity contribution >= 4 is 11.0 Å². The topological polar surface area (TPSA) is 65.7 Å². The number of pyridine rings is 1. The first-order chi connectivity index (χ1) is 16.9. The van der Waals surface area contributed by atoms with Gasteiger partial charge in [-0.05, 0) is 70.7 Å². The van der Waals surface area contributed by atoms with Crippen molar-refractivity contribution in [2.75, 3.05) is 6.61 Å². The molecule has 182 valence electrons. The molecule has 0 unspecified atom stereocenters. The maximum atomic E-state index is 14.5. The van der Waals surface area contributed by atoms with Crippen LogP contribution in [0.2, 0.25) is 0 Å². The number of aryl methyl sites for hydroxylation is 2. The number of rotatable bonds is 3. The van der Waals surface area contributed by atoms with Gasteiger partial charge in [0, 0.05) is 42.2 Å². The van der Waals surface area contributed by atoms with E-state index in [1.807, 2.05) is 50.0 Å². The summed E-state index contributed by atoms with van der Waals surface area (Å²) in [5.41, 5.74) is 4.31. The number of nitrogens with zero attached hydrogens (tertiary/aromatic N) is 5. The second-order valence-corrected chi connectivity index (χ2v) is 9.40. The Morgan fingerprint density at radius 1 is 1.00 bits per heavy atom. The van der Waals surface area contributed by atoms with E-state index >= 15 is 0 Å². The first kappa shape index (κ1) is 23.5. The lowest BCUT2D eigenvalue weighted by atomic mass is 9.91. The van der Waals surface area contributed by atoms with E-state index in [0.29, 0.717) is 23.3 Å². The van der Waals surface area contributed by atoms with Gasteiger partial charge in [0.25, 0.3) is 0 Å². The predicted octanol–water partition coefficient (Wildman–Crippen LogP) is 6.09. The minimum atomic E-state index is -0.652. The number of halogens is 2. The molecule has 0 N–H and O–H groups in total. The Kier molecular flexibility index (Phi) is 6.56. The standard InChI is InChI=1S/C21H21F2N3O.C6H8N2/c1-11-8-14(6-7-27-11)18-10-19-21(25-13(3)12(2)24-19)20(26-18)16-5-4-15(22)9-17(16)23;1-4-7-8(5-1)6-2-3-6/h4-5,9-11,14H,6-8H2,1-3H3;1,4-6H,2-3H2/t11-,14+;/m1./s1. The maximum Gasteiger partial charge on any atom is 0.135 e. The first-order valence-corrected chi connectivity index (χ1v) is 12.1. The lowest BCUT2D eigenvalue weighted by molar-refractivity contribution is 0.0180. The van der Waals surface area contributed by atoms with Crippen LogP contribution >= 0.6 is 0 Å². The molecule has 1 aliphatic carbocycles. The maximum absolute atomic E-state index is 14.5. The molecule has 0 radical (unpaired) electrons. The zero-order chi connectivity index (χ0) is 24.5. The molecule has 2 atom stereocenters. The van der Waals surface area contributed by atoms with E-state index in [1.54, 1.807) is 0 Å². The molecule has 35 heavy (non-hydrogen) atoms. The molecule has 4 aromatic rings. The molecule has 0 bridgehead atoms. The highest BCUT2D eigenvalue weighted by Crippen LogP contribution is 2.35. The smallest absolute Gasteiger partial charge is 0.135 e. The minimum absolute atomic E-state index is 0.151.